The third-order valence-electron chi connectivity index (χ3n) is 6.76. The van der Waals surface area contributed by atoms with E-state index >= 15 is 0 Å². The minimum Gasteiger partial charge on any atom is -0.384 e. The van der Waals surface area contributed by atoms with Gasteiger partial charge in [-0.3, -0.25) is 4.79 Å². The van der Waals surface area contributed by atoms with Crippen molar-refractivity contribution in [2.45, 2.75) is 52.0 Å². The van der Waals surface area contributed by atoms with E-state index in [1.165, 1.54) is 0 Å². The summed E-state index contributed by atoms with van der Waals surface area (Å²) in [5, 5.41) is 10.1. The lowest BCUT2D eigenvalue weighted by Gasteiger charge is -2.41. The topological polar surface area (TPSA) is 69.5 Å². The van der Waals surface area contributed by atoms with Crippen LogP contribution < -0.4 is 4.90 Å². The summed E-state index contributed by atoms with van der Waals surface area (Å²) < 4.78 is 19.4. The van der Waals surface area contributed by atoms with Gasteiger partial charge in [0.1, 0.15) is 17.7 Å². The van der Waals surface area contributed by atoms with Crippen LogP contribution in [0.4, 0.5) is 10.2 Å². The van der Waals surface area contributed by atoms with E-state index in [-0.39, 0.29) is 17.8 Å². The molecule has 4 rings (SSSR count). The molecule has 1 saturated carbocycles. The Bertz CT molecular complexity index is 1110. The second-order valence-electron chi connectivity index (χ2n) is 9.17. The largest absolute Gasteiger partial charge is 0.384 e. The highest BCUT2D eigenvalue weighted by atomic mass is 19.1. The average Bonchev–Trinajstić information content (AvgIpc) is 3.64. The number of pyridine rings is 1. The predicted octanol–water partition coefficient (Wildman–Crippen LogP) is 4.33. The van der Waals surface area contributed by atoms with E-state index in [2.05, 4.69) is 11.0 Å². The van der Waals surface area contributed by atoms with Crippen molar-refractivity contribution in [1.82, 2.24) is 9.88 Å². The van der Waals surface area contributed by atoms with E-state index in [9.17, 15) is 14.4 Å². The molecule has 2 aromatic rings. The van der Waals surface area contributed by atoms with Gasteiger partial charge in [0.2, 0.25) is 5.91 Å². The summed E-state index contributed by atoms with van der Waals surface area (Å²) in [5.74, 6) is 0.858. The van der Waals surface area contributed by atoms with Crippen molar-refractivity contribution in [3.63, 3.8) is 0 Å². The Labute approximate surface area is 195 Å². The number of ether oxygens (including phenoxy) is 1. The van der Waals surface area contributed by atoms with Crippen LogP contribution in [0.15, 0.2) is 18.2 Å². The summed E-state index contributed by atoms with van der Waals surface area (Å²) in [7, 11) is 1.60. The number of amides is 1. The van der Waals surface area contributed by atoms with E-state index in [0.29, 0.717) is 55.5 Å². The first-order valence-corrected chi connectivity index (χ1v) is 11.6. The van der Waals surface area contributed by atoms with Crippen LogP contribution in [-0.2, 0) is 9.53 Å². The van der Waals surface area contributed by atoms with Crippen LogP contribution in [-0.4, -0.2) is 55.2 Å². The number of hydrogen-bond donors (Lipinski definition) is 0. The first kappa shape index (κ1) is 23.2. The minimum atomic E-state index is -0.251. The molecule has 1 amide bonds. The molecular weight excluding hydrogens is 419 g/mol. The van der Waals surface area contributed by atoms with Gasteiger partial charge in [0.05, 0.1) is 24.3 Å². The van der Waals surface area contributed by atoms with Gasteiger partial charge in [-0.25, -0.2) is 9.37 Å². The number of aromatic nitrogens is 1. The van der Waals surface area contributed by atoms with Gasteiger partial charge in [-0.05, 0) is 56.4 Å². The van der Waals surface area contributed by atoms with Gasteiger partial charge in [-0.15, -0.1) is 0 Å². The molecule has 2 aliphatic rings. The normalized spacial score (nSPS) is 18.4. The molecular formula is C26H31FN4O2. The first-order chi connectivity index (χ1) is 15.8. The van der Waals surface area contributed by atoms with Crippen molar-refractivity contribution in [1.29, 1.82) is 5.26 Å². The summed E-state index contributed by atoms with van der Waals surface area (Å²) >= 11 is 0. The molecule has 1 aromatic carbocycles. The fourth-order valence-corrected chi connectivity index (χ4v) is 4.69. The van der Waals surface area contributed by atoms with Crippen LogP contribution in [0.5, 0.6) is 0 Å². The number of carbonyl (C=O) groups excluding carboxylic acids is 1. The van der Waals surface area contributed by atoms with Gasteiger partial charge in [0, 0.05) is 44.3 Å². The van der Waals surface area contributed by atoms with Crippen LogP contribution in [0.2, 0.25) is 0 Å². The fraction of sp³-hybridized carbons (Fsp3) is 0.500. The summed E-state index contributed by atoms with van der Waals surface area (Å²) in [6.45, 7) is 7.94. The maximum atomic E-state index is 14.4. The number of aryl methyl sites for hydroxylation is 1. The number of nitrogens with zero attached hydrogens (tertiary/aromatic N) is 4. The zero-order valence-corrected chi connectivity index (χ0v) is 19.8. The highest BCUT2D eigenvalue weighted by Crippen LogP contribution is 2.46. The molecule has 1 saturated heterocycles. The van der Waals surface area contributed by atoms with Crippen molar-refractivity contribution in [2.24, 2.45) is 0 Å². The number of carbonyl (C=O) groups is 1. The van der Waals surface area contributed by atoms with E-state index in [4.69, 9.17) is 9.72 Å². The zero-order chi connectivity index (χ0) is 23.7. The standard InChI is InChI=1S/C26H31FN4O2/c1-16-5-6-20(13-22(16)27)24-18(3)21(14-28)26(29-25(24)19-7-8-19)30-10-11-31(17(2)15-30)23(32)9-12-33-4/h5-6,13,17,19H,7-12,15H2,1-4H3/t17-/m1/s1. The molecule has 1 aliphatic carbocycles. The Morgan fingerprint density at radius 2 is 2.06 bits per heavy atom. The Balaban J connectivity index is 1.70. The van der Waals surface area contributed by atoms with Gasteiger partial charge >= 0.3 is 0 Å². The number of halogens is 1. The van der Waals surface area contributed by atoms with Gasteiger partial charge in [0.25, 0.3) is 0 Å². The molecule has 174 valence electrons. The molecule has 0 N–H and O–H groups in total. The second-order valence-corrected chi connectivity index (χ2v) is 9.17. The zero-order valence-electron chi connectivity index (χ0n) is 19.8. The molecule has 0 unspecified atom stereocenters. The Hall–Kier alpha value is -2.98. The first-order valence-electron chi connectivity index (χ1n) is 11.6. The number of nitriles is 1. The Morgan fingerprint density at radius 1 is 1.30 bits per heavy atom. The summed E-state index contributed by atoms with van der Waals surface area (Å²) in [6.07, 6.45) is 2.48. The molecule has 1 atom stereocenters. The maximum absolute atomic E-state index is 14.4. The number of piperazine rings is 1. The number of rotatable bonds is 6. The third kappa shape index (κ3) is 4.58. The molecule has 2 fully saturated rings. The number of anilines is 1. The van der Waals surface area contributed by atoms with Crippen LogP contribution in [0.1, 0.15) is 54.5 Å². The van der Waals surface area contributed by atoms with E-state index in [1.54, 1.807) is 26.2 Å². The molecule has 7 heteroatoms. The summed E-state index contributed by atoms with van der Waals surface area (Å²) in [4.78, 5) is 21.6. The quantitative estimate of drug-likeness (QED) is 0.655. The molecule has 33 heavy (non-hydrogen) atoms. The van der Waals surface area contributed by atoms with Gasteiger partial charge in [-0.1, -0.05) is 12.1 Å². The lowest BCUT2D eigenvalue weighted by molar-refractivity contribution is -0.134. The predicted molar refractivity (Wildman–Crippen MR) is 126 cm³/mol. The summed E-state index contributed by atoms with van der Waals surface area (Å²) in [6, 6.07) is 7.62. The van der Waals surface area contributed by atoms with Crippen molar-refractivity contribution in [3.05, 3.63) is 46.4 Å². The van der Waals surface area contributed by atoms with Gasteiger partial charge < -0.3 is 14.5 Å². The third-order valence-corrected chi connectivity index (χ3v) is 6.76. The Morgan fingerprint density at radius 3 is 2.67 bits per heavy atom. The maximum Gasteiger partial charge on any atom is 0.225 e. The molecule has 0 bridgehead atoms. The minimum absolute atomic E-state index is 0.00648. The van der Waals surface area contributed by atoms with Crippen molar-refractivity contribution < 1.29 is 13.9 Å². The van der Waals surface area contributed by atoms with Crippen LogP contribution in [0.25, 0.3) is 11.1 Å². The second kappa shape index (κ2) is 9.48. The van der Waals surface area contributed by atoms with Gasteiger partial charge in [0.15, 0.2) is 0 Å². The molecule has 6 nitrogen and oxygen atoms in total. The molecule has 1 aromatic heterocycles. The van der Waals surface area contributed by atoms with E-state index in [0.717, 1.165) is 35.2 Å². The van der Waals surface area contributed by atoms with Crippen LogP contribution >= 0.6 is 0 Å². The van der Waals surface area contributed by atoms with E-state index < -0.39 is 0 Å². The number of methoxy groups -OCH3 is 1. The highest BCUT2D eigenvalue weighted by Gasteiger charge is 2.34. The van der Waals surface area contributed by atoms with Gasteiger partial charge in [-0.2, -0.15) is 5.26 Å². The smallest absolute Gasteiger partial charge is 0.225 e. The van der Waals surface area contributed by atoms with Crippen molar-refractivity contribution in [2.75, 3.05) is 38.3 Å². The molecule has 1 aliphatic heterocycles. The lowest BCUT2D eigenvalue weighted by Crippen LogP contribution is -2.54. The summed E-state index contributed by atoms with van der Waals surface area (Å²) in [5.41, 5.74) is 4.59. The molecule has 0 radical (unpaired) electrons. The lowest BCUT2D eigenvalue weighted by atomic mass is 9.92. The van der Waals surface area contributed by atoms with Crippen LogP contribution in [0.3, 0.4) is 0 Å². The van der Waals surface area contributed by atoms with Crippen molar-refractivity contribution in [3.8, 4) is 17.2 Å². The SMILES string of the molecule is COCCC(=O)N1CCN(c2nc(C3CC3)c(-c3ccc(C)c(F)c3)c(C)c2C#N)C[C@H]1C. The van der Waals surface area contributed by atoms with E-state index in [1.807, 2.05) is 24.8 Å². The number of benzene rings is 1. The highest BCUT2D eigenvalue weighted by molar-refractivity contribution is 5.78. The molecule has 0 spiro atoms. The average molecular weight is 451 g/mol. The van der Waals surface area contributed by atoms with Crippen molar-refractivity contribution >= 4 is 11.7 Å². The van der Waals surface area contributed by atoms with Crippen LogP contribution in [0, 0.1) is 31.0 Å². The fourth-order valence-electron chi connectivity index (χ4n) is 4.69. The number of hydrogen-bond acceptors (Lipinski definition) is 5. The monoisotopic (exact) mass is 450 g/mol. The molecule has 2 heterocycles. The Kier molecular flexibility index (Phi) is 6.66.